The summed E-state index contributed by atoms with van der Waals surface area (Å²) in [5.41, 5.74) is 1.90. The van der Waals surface area contributed by atoms with Gasteiger partial charge in [-0.05, 0) is 35.2 Å². The quantitative estimate of drug-likeness (QED) is 0.318. The number of hydrogen-bond donors (Lipinski definition) is 1. The van der Waals surface area contributed by atoms with E-state index in [-0.39, 0.29) is 35.5 Å². The molecule has 214 valence electrons. The molecule has 0 bridgehead atoms. The number of halogens is 1. The minimum Gasteiger partial charge on any atom is -0.495 e. The molecule has 8 nitrogen and oxygen atoms in total. The van der Waals surface area contributed by atoms with Gasteiger partial charge in [-0.1, -0.05) is 86.1 Å². The highest BCUT2D eigenvalue weighted by molar-refractivity contribution is 7.92. The summed E-state index contributed by atoms with van der Waals surface area (Å²) in [5.74, 6) is -0.247. The molecule has 1 atom stereocenters. The van der Waals surface area contributed by atoms with Crippen molar-refractivity contribution in [3.8, 4) is 5.75 Å². The van der Waals surface area contributed by atoms with Crippen molar-refractivity contribution in [1.29, 1.82) is 0 Å². The Kier molecular flexibility index (Phi) is 11.0. The van der Waals surface area contributed by atoms with Gasteiger partial charge in [0.25, 0.3) is 0 Å². The van der Waals surface area contributed by atoms with Crippen molar-refractivity contribution < 1.29 is 22.7 Å². The van der Waals surface area contributed by atoms with E-state index in [1.807, 2.05) is 74.5 Å². The zero-order chi connectivity index (χ0) is 29.3. The van der Waals surface area contributed by atoms with Crippen LogP contribution in [0.4, 0.5) is 5.69 Å². The van der Waals surface area contributed by atoms with Gasteiger partial charge in [0, 0.05) is 19.5 Å². The third-order valence-corrected chi connectivity index (χ3v) is 7.69. The summed E-state index contributed by atoms with van der Waals surface area (Å²) in [5, 5.41) is 3.17. The summed E-state index contributed by atoms with van der Waals surface area (Å²) in [4.78, 5) is 29.1. The Morgan fingerprint density at radius 3 is 2.08 bits per heavy atom. The standard InChI is InChI=1S/C30H36ClN3O5S/c1-22(2)19-32-30(36)27(17-23-11-7-5-8-12-23)33(20-24-13-9-6-10-14-24)29(35)21-34(40(4,37)38)25-15-16-28(39-3)26(31)18-25/h5-16,18,22,27H,17,19-21H2,1-4H3,(H,32,36)/t27-/m0/s1. The van der Waals surface area contributed by atoms with Gasteiger partial charge in [-0.15, -0.1) is 0 Å². The van der Waals surface area contributed by atoms with Gasteiger partial charge in [0.1, 0.15) is 18.3 Å². The number of nitrogens with zero attached hydrogens (tertiary/aromatic N) is 2. The molecule has 0 heterocycles. The van der Waals surface area contributed by atoms with Crippen LogP contribution in [0.5, 0.6) is 5.75 Å². The molecule has 3 aromatic carbocycles. The second kappa shape index (κ2) is 14.2. The van der Waals surface area contributed by atoms with Gasteiger partial charge in [0.2, 0.25) is 21.8 Å². The average Bonchev–Trinajstić information content (AvgIpc) is 2.92. The Labute approximate surface area is 241 Å². The fourth-order valence-corrected chi connectivity index (χ4v) is 5.27. The average molecular weight is 586 g/mol. The number of sulfonamides is 1. The predicted molar refractivity (Wildman–Crippen MR) is 159 cm³/mol. The molecule has 0 saturated carbocycles. The summed E-state index contributed by atoms with van der Waals surface area (Å²) in [6, 6.07) is 22.4. The van der Waals surface area contributed by atoms with Gasteiger partial charge < -0.3 is 15.0 Å². The van der Waals surface area contributed by atoms with Crippen molar-refractivity contribution in [2.75, 3.05) is 30.8 Å². The Balaban J connectivity index is 2.03. The van der Waals surface area contributed by atoms with E-state index in [9.17, 15) is 18.0 Å². The van der Waals surface area contributed by atoms with Crippen molar-refractivity contribution in [2.45, 2.75) is 32.9 Å². The van der Waals surface area contributed by atoms with Gasteiger partial charge in [0.05, 0.1) is 24.1 Å². The van der Waals surface area contributed by atoms with Crippen LogP contribution in [0.25, 0.3) is 0 Å². The van der Waals surface area contributed by atoms with Crippen LogP contribution >= 0.6 is 11.6 Å². The zero-order valence-corrected chi connectivity index (χ0v) is 24.8. The fourth-order valence-electron chi connectivity index (χ4n) is 4.18. The molecule has 0 radical (unpaired) electrons. The van der Waals surface area contributed by atoms with Gasteiger partial charge in [-0.3, -0.25) is 13.9 Å². The van der Waals surface area contributed by atoms with Crippen molar-refractivity contribution >= 4 is 39.1 Å². The molecule has 2 amide bonds. The van der Waals surface area contributed by atoms with Crippen LogP contribution in [0, 0.1) is 5.92 Å². The van der Waals surface area contributed by atoms with E-state index in [1.165, 1.54) is 24.1 Å². The molecular formula is C30H36ClN3O5S. The molecule has 0 aromatic heterocycles. The SMILES string of the molecule is COc1ccc(N(CC(=O)N(Cc2ccccc2)[C@@H](Cc2ccccc2)C(=O)NCC(C)C)S(C)(=O)=O)cc1Cl. The van der Waals surface area contributed by atoms with E-state index in [4.69, 9.17) is 16.3 Å². The largest absolute Gasteiger partial charge is 0.495 e. The Hall–Kier alpha value is -3.56. The van der Waals surface area contributed by atoms with Crippen LogP contribution in [0.3, 0.4) is 0 Å². The smallest absolute Gasteiger partial charge is 0.244 e. The van der Waals surface area contributed by atoms with E-state index in [1.54, 1.807) is 6.07 Å². The van der Waals surface area contributed by atoms with Crippen LogP contribution < -0.4 is 14.4 Å². The summed E-state index contributed by atoms with van der Waals surface area (Å²) >= 11 is 6.28. The lowest BCUT2D eigenvalue weighted by molar-refractivity contribution is -0.140. The monoisotopic (exact) mass is 585 g/mol. The minimum atomic E-state index is -3.90. The summed E-state index contributed by atoms with van der Waals surface area (Å²) in [7, 11) is -2.44. The van der Waals surface area contributed by atoms with Gasteiger partial charge >= 0.3 is 0 Å². The molecule has 0 spiro atoms. The number of carbonyl (C=O) groups is 2. The highest BCUT2D eigenvalue weighted by atomic mass is 35.5. The highest BCUT2D eigenvalue weighted by Gasteiger charge is 2.33. The first-order chi connectivity index (χ1) is 19.0. The van der Waals surface area contributed by atoms with Crippen LogP contribution in [0.1, 0.15) is 25.0 Å². The zero-order valence-electron chi connectivity index (χ0n) is 23.2. The number of methoxy groups -OCH3 is 1. The van der Waals surface area contributed by atoms with Crippen molar-refractivity contribution in [3.63, 3.8) is 0 Å². The van der Waals surface area contributed by atoms with Crippen LogP contribution in [0.2, 0.25) is 5.02 Å². The Morgan fingerprint density at radius 2 is 1.55 bits per heavy atom. The lowest BCUT2D eigenvalue weighted by Gasteiger charge is -2.33. The van der Waals surface area contributed by atoms with E-state index < -0.39 is 28.5 Å². The van der Waals surface area contributed by atoms with E-state index in [2.05, 4.69) is 5.32 Å². The third-order valence-electron chi connectivity index (χ3n) is 6.25. The minimum absolute atomic E-state index is 0.118. The number of benzene rings is 3. The topological polar surface area (TPSA) is 96.0 Å². The molecule has 10 heteroatoms. The number of hydrogen-bond acceptors (Lipinski definition) is 5. The molecule has 0 unspecified atom stereocenters. The molecular weight excluding hydrogens is 550 g/mol. The van der Waals surface area contributed by atoms with Gasteiger partial charge in [-0.2, -0.15) is 0 Å². The van der Waals surface area contributed by atoms with E-state index >= 15 is 0 Å². The number of rotatable bonds is 13. The van der Waals surface area contributed by atoms with Crippen LogP contribution in [-0.2, 0) is 32.6 Å². The number of amides is 2. The maximum atomic E-state index is 14.0. The number of nitrogens with one attached hydrogen (secondary N) is 1. The lowest BCUT2D eigenvalue weighted by atomic mass is 10.0. The number of ether oxygens (including phenoxy) is 1. The van der Waals surface area contributed by atoms with E-state index in [0.717, 1.165) is 21.7 Å². The molecule has 0 fully saturated rings. The summed E-state index contributed by atoms with van der Waals surface area (Å²) in [6.45, 7) is 4.02. The summed E-state index contributed by atoms with van der Waals surface area (Å²) < 4.78 is 32.0. The Bertz CT molecular complexity index is 1380. The van der Waals surface area contributed by atoms with Crippen molar-refractivity contribution in [2.24, 2.45) is 5.92 Å². The lowest BCUT2D eigenvalue weighted by Crippen LogP contribution is -2.53. The molecule has 1 N–H and O–H groups in total. The maximum absolute atomic E-state index is 14.0. The maximum Gasteiger partial charge on any atom is 0.244 e. The van der Waals surface area contributed by atoms with Crippen LogP contribution in [-0.4, -0.2) is 57.6 Å². The third kappa shape index (κ3) is 8.72. The molecule has 3 aromatic rings. The number of anilines is 1. The first kappa shape index (κ1) is 31.0. The van der Waals surface area contributed by atoms with Crippen LogP contribution in [0.15, 0.2) is 78.9 Å². The summed E-state index contributed by atoms with van der Waals surface area (Å²) in [6.07, 6.45) is 1.29. The van der Waals surface area contributed by atoms with Gasteiger partial charge in [-0.25, -0.2) is 8.42 Å². The first-order valence-corrected chi connectivity index (χ1v) is 15.2. The molecule has 40 heavy (non-hydrogen) atoms. The second-order valence-corrected chi connectivity index (χ2v) is 12.3. The Morgan fingerprint density at radius 1 is 0.950 bits per heavy atom. The highest BCUT2D eigenvalue weighted by Crippen LogP contribution is 2.30. The molecule has 0 aliphatic carbocycles. The molecule has 3 rings (SSSR count). The predicted octanol–water partition coefficient (Wildman–Crippen LogP) is 4.53. The van der Waals surface area contributed by atoms with Gasteiger partial charge in [0.15, 0.2) is 0 Å². The molecule has 0 aliphatic rings. The fraction of sp³-hybridized carbons (Fsp3) is 0.333. The van der Waals surface area contributed by atoms with Crippen molar-refractivity contribution in [3.05, 3.63) is 95.0 Å². The van der Waals surface area contributed by atoms with Crippen molar-refractivity contribution in [1.82, 2.24) is 10.2 Å². The molecule has 0 aliphatic heterocycles. The first-order valence-electron chi connectivity index (χ1n) is 13.0. The van der Waals surface area contributed by atoms with E-state index in [0.29, 0.717) is 12.3 Å². The second-order valence-electron chi connectivity index (χ2n) is 9.94. The molecule has 0 saturated heterocycles. The number of carbonyl (C=O) groups excluding carboxylic acids is 2. The normalized spacial score (nSPS) is 12.1.